The van der Waals surface area contributed by atoms with Crippen molar-refractivity contribution in [1.29, 1.82) is 0 Å². The van der Waals surface area contributed by atoms with Gasteiger partial charge in [-0.25, -0.2) is 4.98 Å². The lowest BCUT2D eigenvalue weighted by Crippen LogP contribution is -2.36. The molecule has 0 fully saturated rings. The summed E-state index contributed by atoms with van der Waals surface area (Å²) in [5, 5.41) is 12.6. The van der Waals surface area contributed by atoms with Gasteiger partial charge in [0.05, 0.1) is 18.2 Å². The molecule has 0 saturated carbocycles. The van der Waals surface area contributed by atoms with E-state index in [9.17, 15) is 9.90 Å². The number of carbonyl (C=O) groups is 1. The summed E-state index contributed by atoms with van der Waals surface area (Å²) in [4.78, 5) is 16.2. The van der Waals surface area contributed by atoms with Gasteiger partial charge in [-0.1, -0.05) is 38.5 Å². The van der Waals surface area contributed by atoms with Gasteiger partial charge in [-0.2, -0.15) is 0 Å². The van der Waals surface area contributed by atoms with Gasteiger partial charge in [-0.15, -0.1) is 0 Å². The number of amides is 1. The predicted octanol–water partition coefficient (Wildman–Crippen LogP) is 2.41. The van der Waals surface area contributed by atoms with Gasteiger partial charge >= 0.3 is 0 Å². The number of rotatable bonds is 7. The van der Waals surface area contributed by atoms with Crippen LogP contribution >= 0.6 is 0 Å². The molecule has 5 nitrogen and oxygen atoms in total. The Kier molecular flexibility index (Phi) is 5.72. The lowest BCUT2D eigenvalue weighted by molar-refractivity contribution is -0.121. The Labute approximate surface area is 130 Å². The smallest absolute Gasteiger partial charge is 0.226 e. The van der Waals surface area contributed by atoms with Gasteiger partial charge in [0.25, 0.3) is 0 Å². The molecule has 0 saturated heterocycles. The van der Waals surface area contributed by atoms with Crippen molar-refractivity contribution < 1.29 is 14.3 Å². The van der Waals surface area contributed by atoms with Gasteiger partial charge in [0.2, 0.25) is 11.8 Å². The molecule has 2 atom stereocenters. The normalized spacial score (nSPS) is 13.6. The van der Waals surface area contributed by atoms with Crippen molar-refractivity contribution in [3.05, 3.63) is 42.3 Å². The molecule has 2 N–H and O–H groups in total. The summed E-state index contributed by atoms with van der Waals surface area (Å²) >= 11 is 0. The first kappa shape index (κ1) is 16.2. The lowest BCUT2D eigenvalue weighted by Gasteiger charge is -2.17. The third-order valence-electron chi connectivity index (χ3n) is 3.72. The van der Waals surface area contributed by atoms with E-state index in [1.54, 1.807) is 0 Å². The second-order valence-electron chi connectivity index (χ2n) is 5.44. The molecule has 22 heavy (non-hydrogen) atoms. The highest BCUT2D eigenvalue weighted by Gasteiger charge is 2.15. The number of aromatic nitrogens is 1. The third kappa shape index (κ3) is 4.43. The summed E-state index contributed by atoms with van der Waals surface area (Å²) in [7, 11) is 0. The number of aliphatic hydroxyl groups excluding tert-OH is 1. The van der Waals surface area contributed by atoms with Crippen LogP contribution in [-0.4, -0.2) is 28.6 Å². The third-order valence-corrected chi connectivity index (χ3v) is 3.72. The molecular weight excluding hydrogens is 280 g/mol. The van der Waals surface area contributed by atoms with Crippen LogP contribution in [0.15, 0.2) is 41.0 Å². The predicted molar refractivity (Wildman–Crippen MR) is 84.1 cm³/mol. The van der Waals surface area contributed by atoms with E-state index in [0.717, 1.165) is 12.0 Å². The highest BCUT2D eigenvalue weighted by atomic mass is 16.3. The minimum atomic E-state index is -0.522. The van der Waals surface area contributed by atoms with E-state index in [1.807, 2.05) is 44.2 Å². The topological polar surface area (TPSA) is 75.4 Å². The first-order chi connectivity index (χ1) is 10.6. The molecule has 1 aromatic heterocycles. The number of nitrogens with one attached hydrogen (secondary N) is 1. The fraction of sp³-hybridized carbons (Fsp3) is 0.412. The quantitative estimate of drug-likeness (QED) is 0.823. The Bertz CT molecular complexity index is 595. The summed E-state index contributed by atoms with van der Waals surface area (Å²) < 4.78 is 5.39. The maximum Gasteiger partial charge on any atom is 0.226 e. The molecule has 0 aliphatic rings. The van der Waals surface area contributed by atoms with Gasteiger partial charge in [0.15, 0.2) is 0 Å². The van der Waals surface area contributed by atoms with E-state index in [2.05, 4.69) is 10.3 Å². The van der Waals surface area contributed by atoms with Crippen molar-refractivity contribution in [2.75, 3.05) is 6.54 Å². The zero-order chi connectivity index (χ0) is 15.9. The van der Waals surface area contributed by atoms with Crippen molar-refractivity contribution in [2.24, 2.45) is 5.92 Å². The van der Waals surface area contributed by atoms with Gasteiger partial charge in [-0.3, -0.25) is 4.79 Å². The van der Waals surface area contributed by atoms with Crippen LogP contribution in [0, 0.1) is 5.92 Å². The van der Waals surface area contributed by atoms with E-state index >= 15 is 0 Å². The summed E-state index contributed by atoms with van der Waals surface area (Å²) in [5.41, 5.74) is 1.45. The number of nitrogens with zero attached hydrogens (tertiary/aromatic N) is 1. The molecule has 2 rings (SSSR count). The molecule has 2 aromatic rings. The Hall–Kier alpha value is -2.14. The number of benzene rings is 1. The molecule has 1 amide bonds. The van der Waals surface area contributed by atoms with Crippen molar-refractivity contribution in [1.82, 2.24) is 10.3 Å². The van der Waals surface area contributed by atoms with Crippen molar-refractivity contribution in [3.63, 3.8) is 0 Å². The number of aliphatic hydroxyl groups is 1. The SMILES string of the molecule is CCC(C)C(O)CNC(=O)Cc1coc(-c2ccccc2)n1. The van der Waals surface area contributed by atoms with Crippen LogP contribution in [0.3, 0.4) is 0 Å². The van der Waals surface area contributed by atoms with Crippen molar-refractivity contribution >= 4 is 5.91 Å². The first-order valence-electron chi connectivity index (χ1n) is 7.54. The van der Waals surface area contributed by atoms with E-state index < -0.39 is 6.10 Å². The summed E-state index contributed by atoms with van der Waals surface area (Å²) in [6.07, 6.45) is 1.99. The Morgan fingerprint density at radius 2 is 2.09 bits per heavy atom. The molecule has 2 unspecified atom stereocenters. The second-order valence-corrected chi connectivity index (χ2v) is 5.44. The van der Waals surface area contributed by atoms with E-state index in [1.165, 1.54) is 6.26 Å². The fourth-order valence-corrected chi connectivity index (χ4v) is 2.02. The molecule has 0 aliphatic carbocycles. The largest absolute Gasteiger partial charge is 0.444 e. The average molecular weight is 302 g/mol. The first-order valence-corrected chi connectivity index (χ1v) is 7.54. The second kappa shape index (κ2) is 7.75. The standard InChI is InChI=1S/C17H22N2O3/c1-3-12(2)15(20)10-18-16(21)9-14-11-22-17(19-14)13-7-5-4-6-8-13/h4-8,11-12,15,20H,3,9-10H2,1-2H3,(H,18,21). The van der Waals surface area contributed by atoms with E-state index in [4.69, 9.17) is 4.42 Å². The molecule has 0 aliphatic heterocycles. The summed E-state index contributed by atoms with van der Waals surface area (Å²) in [6.45, 7) is 4.23. The highest BCUT2D eigenvalue weighted by Crippen LogP contribution is 2.18. The maximum atomic E-state index is 11.9. The van der Waals surface area contributed by atoms with Crippen LogP contribution in [0.25, 0.3) is 11.5 Å². The van der Waals surface area contributed by atoms with Crippen molar-refractivity contribution in [2.45, 2.75) is 32.8 Å². The monoisotopic (exact) mass is 302 g/mol. The minimum absolute atomic E-state index is 0.142. The Morgan fingerprint density at radius 3 is 2.77 bits per heavy atom. The molecule has 1 aromatic carbocycles. The maximum absolute atomic E-state index is 11.9. The van der Waals surface area contributed by atoms with Gasteiger partial charge in [0, 0.05) is 12.1 Å². The van der Waals surface area contributed by atoms with Crippen LogP contribution in [0.1, 0.15) is 26.0 Å². The zero-order valence-electron chi connectivity index (χ0n) is 13.0. The zero-order valence-corrected chi connectivity index (χ0v) is 13.0. The number of carbonyl (C=O) groups excluding carboxylic acids is 1. The molecule has 0 spiro atoms. The Balaban J connectivity index is 1.86. The fourth-order valence-electron chi connectivity index (χ4n) is 2.02. The summed E-state index contributed by atoms with van der Waals surface area (Å²) in [6, 6.07) is 9.53. The minimum Gasteiger partial charge on any atom is -0.444 e. The van der Waals surface area contributed by atoms with Gasteiger partial charge < -0.3 is 14.8 Å². The van der Waals surface area contributed by atoms with Gasteiger partial charge in [-0.05, 0) is 18.1 Å². The molecule has 0 bridgehead atoms. The lowest BCUT2D eigenvalue weighted by atomic mass is 10.0. The molecule has 5 heteroatoms. The van der Waals surface area contributed by atoms with Crippen LogP contribution in [0.4, 0.5) is 0 Å². The van der Waals surface area contributed by atoms with Crippen molar-refractivity contribution in [3.8, 4) is 11.5 Å². The van der Waals surface area contributed by atoms with Gasteiger partial charge in [0.1, 0.15) is 6.26 Å². The number of hydrogen-bond acceptors (Lipinski definition) is 4. The van der Waals surface area contributed by atoms with Crippen LogP contribution < -0.4 is 5.32 Å². The molecular formula is C17H22N2O3. The number of oxazole rings is 1. The number of hydrogen-bond donors (Lipinski definition) is 2. The molecule has 1 heterocycles. The van der Waals surface area contributed by atoms with Crippen LogP contribution in [0.5, 0.6) is 0 Å². The Morgan fingerprint density at radius 1 is 1.36 bits per heavy atom. The average Bonchev–Trinajstić information content (AvgIpc) is 3.01. The molecule has 118 valence electrons. The van der Waals surface area contributed by atoms with Crippen LogP contribution in [0.2, 0.25) is 0 Å². The summed E-state index contributed by atoms with van der Waals surface area (Å²) in [5.74, 6) is 0.496. The van der Waals surface area contributed by atoms with E-state index in [-0.39, 0.29) is 24.8 Å². The highest BCUT2D eigenvalue weighted by molar-refractivity contribution is 5.78. The van der Waals surface area contributed by atoms with E-state index in [0.29, 0.717) is 11.6 Å². The van der Waals surface area contributed by atoms with Crippen LogP contribution in [-0.2, 0) is 11.2 Å². The molecule has 0 radical (unpaired) electrons.